The van der Waals surface area contributed by atoms with Crippen LogP contribution in [0.4, 0.5) is 16.2 Å². The van der Waals surface area contributed by atoms with Crippen molar-refractivity contribution < 1.29 is 45.5 Å². The molecule has 156 valence electrons. The second-order valence-electron chi connectivity index (χ2n) is 6.95. The van der Waals surface area contributed by atoms with Crippen molar-refractivity contribution in [2.75, 3.05) is 12.4 Å². The third-order valence-corrected chi connectivity index (χ3v) is 3.56. The number of amides is 1. The smallest absolute Gasteiger partial charge is 0.412 e. The van der Waals surface area contributed by atoms with Gasteiger partial charge >= 0.3 is 11.8 Å². The molecule has 2 rings (SSSR count). The van der Waals surface area contributed by atoms with Crippen molar-refractivity contribution >= 4 is 23.3 Å². The first-order valence-corrected chi connectivity index (χ1v) is 8.44. The van der Waals surface area contributed by atoms with Gasteiger partial charge in [0, 0.05) is 23.8 Å². The zero-order chi connectivity index (χ0) is 20.9. The first-order chi connectivity index (χ1) is 13.1. The fraction of sp³-hybridized carbons (Fsp3) is 0.316. The lowest BCUT2D eigenvalue weighted by molar-refractivity contribution is -0.683. The van der Waals surface area contributed by atoms with E-state index in [1.54, 1.807) is 49.9 Å². The number of benzene rings is 1. The molecule has 0 radical (unpaired) electrons. The lowest BCUT2D eigenvalue weighted by atomic mass is 10.1. The first kappa shape index (κ1) is 24.0. The number of hydrogen-bond donors (Lipinski definition) is 1. The molecule has 0 aliphatic carbocycles. The van der Waals surface area contributed by atoms with Gasteiger partial charge in [-0.2, -0.15) is 4.57 Å². The number of carbonyl (C=O) groups is 2. The number of ether oxygens (including phenoxy) is 2. The number of nitro benzene ring substituents is 1. The molecule has 29 heavy (non-hydrogen) atoms. The van der Waals surface area contributed by atoms with Gasteiger partial charge in [0.25, 0.3) is 0 Å². The van der Waals surface area contributed by atoms with Gasteiger partial charge in [0.2, 0.25) is 12.3 Å². The molecule has 0 bridgehead atoms. The fourth-order valence-corrected chi connectivity index (χ4v) is 2.33. The number of Topliss-reactive ketones (excluding diaryl/α,β-unsaturated/α-hetero) is 1. The van der Waals surface area contributed by atoms with Crippen LogP contribution in [0.1, 0.15) is 31.1 Å². The minimum Gasteiger partial charge on any atom is -1.00 e. The quantitative estimate of drug-likeness (QED) is 0.279. The minimum absolute atomic E-state index is 0. The van der Waals surface area contributed by atoms with Gasteiger partial charge in [-0.1, -0.05) is 0 Å². The molecule has 1 N–H and O–H groups in total. The van der Waals surface area contributed by atoms with E-state index in [1.807, 2.05) is 0 Å². The number of halogens is 1. The van der Waals surface area contributed by atoms with Crippen molar-refractivity contribution in [1.29, 1.82) is 0 Å². The summed E-state index contributed by atoms with van der Waals surface area (Å²) in [5.41, 5.74) is 0.0157. The third-order valence-electron chi connectivity index (χ3n) is 3.56. The summed E-state index contributed by atoms with van der Waals surface area (Å²) in [6.45, 7) is 5.33. The Kier molecular flexibility index (Phi) is 8.26. The zero-order valence-electron chi connectivity index (χ0n) is 16.5. The second kappa shape index (κ2) is 9.97. The van der Waals surface area contributed by atoms with Crippen LogP contribution in [0, 0.1) is 10.1 Å². The summed E-state index contributed by atoms with van der Waals surface area (Å²) >= 11 is 0. The summed E-state index contributed by atoms with van der Waals surface area (Å²) in [5, 5.41) is 13.5. The lowest BCUT2D eigenvalue weighted by Gasteiger charge is -2.19. The fourth-order valence-electron chi connectivity index (χ4n) is 2.33. The van der Waals surface area contributed by atoms with Crippen molar-refractivity contribution in [2.45, 2.75) is 32.9 Å². The van der Waals surface area contributed by atoms with E-state index in [9.17, 15) is 19.7 Å². The van der Waals surface area contributed by atoms with Crippen LogP contribution in [0.2, 0.25) is 0 Å². The normalized spacial score (nSPS) is 10.5. The maximum absolute atomic E-state index is 12.4. The molecule has 0 aliphatic heterocycles. The Bertz CT molecular complexity index is 894. The number of nitrogens with one attached hydrogen (secondary N) is 1. The lowest BCUT2D eigenvalue weighted by Crippen LogP contribution is -3.00. The SMILES string of the molecule is COc1cc(C(=O)C[n+]2ccc(NC(=O)OC(C)(C)C)cc2)ccc1[N+](=O)[O-].[Br-]. The molecule has 0 saturated heterocycles. The molecule has 10 heteroatoms. The molecule has 0 unspecified atom stereocenters. The number of ketones is 1. The second-order valence-corrected chi connectivity index (χ2v) is 6.95. The average molecular weight is 468 g/mol. The number of nitro groups is 1. The van der Waals surface area contributed by atoms with Crippen LogP contribution in [-0.4, -0.2) is 29.5 Å². The standard InChI is InChI=1S/C19H21N3O6.BrH/c1-19(2,3)28-18(24)20-14-7-9-21(10-8-14)12-16(23)13-5-6-15(22(25)26)17(11-13)27-4;/h5-11H,12H2,1-4H3;1H. The molecule has 0 spiro atoms. The van der Waals surface area contributed by atoms with E-state index in [-0.39, 0.29) is 40.7 Å². The summed E-state index contributed by atoms with van der Waals surface area (Å²) in [7, 11) is 1.31. The Morgan fingerprint density at radius 2 is 1.79 bits per heavy atom. The number of pyridine rings is 1. The van der Waals surface area contributed by atoms with Gasteiger partial charge in [-0.15, -0.1) is 0 Å². The van der Waals surface area contributed by atoms with E-state index in [0.717, 1.165) is 0 Å². The van der Waals surface area contributed by atoms with Crippen molar-refractivity contribution in [3.05, 3.63) is 58.4 Å². The number of methoxy groups -OCH3 is 1. The summed E-state index contributed by atoms with van der Waals surface area (Å²) in [4.78, 5) is 34.6. The Morgan fingerprint density at radius 3 is 2.31 bits per heavy atom. The number of anilines is 1. The highest BCUT2D eigenvalue weighted by molar-refractivity contribution is 5.95. The summed E-state index contributed by atoms with van der Waals surface area (Å²) in [5.74, 6) is -0.219. The average Bonchev–Trinajstić information content (AvgIpc) is 2.61. The first-order valence-electron chi connectivity index (χ1n) is 8.44. The molecule has 1 amide bonds. The van der Waals surface area contributed by atoms with Gasteiger partial charge in [-0.3, -0.25) is 20.2 Å². The van der Waals surface area contributed by atoms with Crippen LogP contribution in [0.3, 0.4) is 0 Å². The molecule has 1 aromatic heterocycles. The maximum Gasteiger partial charge on any atom is 0.412 e. The van der Waals surface area contributed by atoms with Crippen LogP contribution in [0.5, 0.6) is 5.75 Å². The summed E-state index contributed by atoms with van der Waals surface area (Å²) in [6.07, 6.45) is 2.69. The van der Waals surface area contributed by atoms with Crippen molar-refractivity contribution in [3.8, 4) is 5.75 Å². The zero-order valence-corrected chi connectivity index (χ0v) is 18.1. The Morgan fingerprint density at radius 1 is 1.17 bits per heavy atom. The topological polar surface area (TPSA) is 112 Å². The molecule has 1 aromatic carbocycles. The number of nitrogens with zero attached hydrogens (tertiary/aromatic N) is 2. The van der Waals surface area contributed by atoms with E-state index < -0.39 is 16.6 Å². The van der Waals surface area contributed by atoms with Gasteiger partial charge in [0.15, 0.2) is 18.1 Å². The Hall–Kier alpha value is -3.01. The number of rotatable bonds is 6. The largest absolute Gasteiger partial charge is 1.00 e. The molecule has 1 heterocycles. The minimum atomic E-state index is -0.600. The number of carbonyl (C=O) groups excluding carboxylic acids is 2. The van der Waals surface area contributed by atoms with Crippen LogP contribution >= 0.6 is 0 Å². The van der Waals surface area contributed by atoms with Crippen molar-refractivity contribution in [1.82, 2.24) is 0 Å². The number of aromatic nitrogens is 1. The molecule has 0 fully saturated rings. The summed E-state index contributed by atoms with van der Waals surface area (Å²) in [6, 6.07) is 7.24. The highest BCUT2D eigenvalue weighted by Crippen LogP contribution is 2.27. The van der Waals surface area contributed by atoms with Crippen LogP contribution in [0.15, 0.2) is 42.7 Å². The molecule has 0 saturated carbocycles. The van der Waals surface area contributed by atoms with Gasteiger partial charge in [-0.25, -0.2) is 4.79 Å². The molecule has 9 nitrogen and oxygen atoms in total. The number of hydrogen-bond acceptors (Lipinski definition) is 6. The Labute approximate surface area is 178 Å². The van der Waals surface area contributed by atoms with Gasteiger partial charge in [-0.05, 0) is 32.9 Å². The Balaban J connectivity index is 0.00000420. The van der Waals surface area contributed by atoms with Crippen LogP contribution in [-0.2, 0) is 11.3 Å². The van der Waals surface area contributed by atoms with Crippen LogP contribution in [0.25, 0.3) is 0 Å². The van der Waals surface area contributed by atoms with E-state index in [1.165, 1.54) is 25.3 Å². The maximum atomic E-state index is 12.4. The van der Waals surface area contributed by atoms with E-state index in [4.69, 9.17) is 9.47 Å². The monoisotopic (exact) mass is 467 g/mol. The predicted molar refractivity (Wildman–Crippen MR) is 100 cm³/mol. The molecular formula is C19H22BrN3O6. The molecule has 2 aromatic rings. The van der Waals surface area contributed by atoms with Crippen LogP contribution < -0.4 is 31.6 Å². The molecule has 0 aliphatic rings. The third kappa shape index (κ3) is 7.15. The highest BCUT2D eigenvalue weighted by atomic mass is 79.9. The van der Waals surface area contributed by atoms with Gasteiger partial charge < -0.3 is 26.5 Å². The van der Waals surface area contributed by atoms with E-state index in [0.29, 0.717) is 11.3 Å². The predicted octanol–water partition coefficient (Wildman–Crippen LogP) is 0.125. The van der Waals surface area contributed by atoms with E-state index in [2.05, 4.69) is 5.32 Å². The van der Waals surface area contributed by atoms with Crippen molar-refractivity contribution in [3.63, 3.8) is 0 Å². The van der Waals surface area contributed by atoms with Gasteiger partial charge in [0.05, 0.1) is 17.7 Å². The van der Waals surface area contributed by atoms with E-state index >= 15 is 0 Å². The van der Waals surface area contributed by atoms with Gasteiger partial charge in [0.1, 0.15) is 5.60 Å². The molecule has 0 atom stereocenters. The summed E-state index contributed by atoms with van der Waals surface area (Å²) < 4.78 is 11.8. The molecular weight excluding hydrogens is 446 g/mol. The van der Waals surface area contributed by atoms with Crippen molar-refractivity contribution in [2.24, 2.45) is 0 Å². The highest BCUT2D eigenvalue weighted by Gasteiger charge is 2.20.